The highest BCUT2D eigenvalue weighted by molar-refractivity contribution is 4.92. The molecule has 0 unspecified atom stereocenters. The van der Waals surface area contributed by atoms with Crippen LogP contribution in [0.4, 0.5) is 0 Å². The van der Waals surface area contributed by atoms with E-state index in [0.29, 0.717) is 0 Å². The summed E-state index contributed by atoms with van der Waals surface area (Å²) < 4.78 is 2.04. The van der Waals surface area contributed by atoms with Crippen LogP contribution in [-0.2, 0) is 13.0 Å². The maximum atomic E-state index is 5.48. The van der Waals surface area contributed by atoms with E-state index in [1.54, 1.807) is 0 Å². The fourth-order valence-electron chi connectivity index (χ4n) is 2.63. The van der Waals surface area contributed by atoms with E-state index < -0.39 is 0 Å². The van der Waals surface area contributed by atoms with Crippen molar-refractivity contribution in [3.8, 4) is 0 Å². The summed E-state index contributed by atoms with van der Waals surface area (Å²) in [4.78, 5) is 0. The van der Waals surface area contributed by atoms with Gasteiger partial charge in [0.15, 0.2) is 0 Å². The number of nitrogens with two attached hydrogens (primary N) is 1. The monoisotopic (exact) mass is 236 g/mol. The standard InChI is InChI=1S/C13H24N4/c14-9-5-4-8-13-11-17(16-15-13)10-12-6-2-1-3-7-12/h11-12H,1-10,14H2. The van der Waals surface area contributed by atoms with Gasteiger partial charge in [0.05, 0.1) is 5.69 Å². The third kappa shape index (κ3) is 4.11. The maximum absolute atomic E-state index is 5.48. The fraction of sp³-hybridized carbons (Fsp3) is 0.846. The van der Waals surface area contributed by atoms with Crippen LogP contribution in [0.1, 0.15) is 50.6 Å². The van der Waals surface area contributed by atoms with Crippen molar-refractivity contribution in [1.29, 1.82) is 0 Å². The van der Waals surface area contributed by atoms with Crippen LogP contribution >= 0.6 is 0 Å². The van der Waals surface area contributed by atoms with E-state index in [4.69, 9.17) is 5.73 Å². The predicted octanol–water partition coefficient (Wildman–Crippen LogP) is 2.14. The SMILES string of the molecule is NCCCCc1cn(CC2CCCCC2)nn1. The highest BCUT2D eigenvalue weighted by Crippen LogP contribution is 2.24. The molecule has 1 heterocycles. The summed E-state index contributed by atoms with van der Waals surface area (Å²) in [5, 5.41) is 8.45. The van der Waals surface area contributed by atoms with Crippen LogP contribution < -0.4 is 5.73 Å². The Kier molecular flexibility index (Phi) is 4.98. The molecule has 0 spiro atoms. The lowest BCUT2D eigenvalue weighted by Crippen LogP contribution is -2.14. The number of rotatable bonds is 6. The van der Waals surface area contributed by atoms with E-state index in [1.807, 2.05) is 4.68 Å². The molecule has 17 heavy (non-hydrogen) atoms. The van der Waals surface area contributed by atoms with Gasteiger partial charge in [-0.15, -0.1) is 5.10 Å². The highest BCUT2D eigenvalue weighted by Gasteiger charge is 2.14. The van der Waals surface area contributed by atoms with Gasteiger partial charge in [0.1, 0.15) is 0 Å². The Labute approximate surface area is 104 Å². The van der Waals surface area contributed by atoms with Gasteiger partial charge in [-0.1, -0.05) is 24.5 Å². The molecule has 0 aliphatic heterocycles. The molecule has 0 atom stereocenters. The summed E-state index contributed by atoms with van der Waals surface area (Å²) >= 11 is 0. The Balaban J connectivity index is 1.76. The third-order valence-electron chi connectivity index (χ3n) is 3.64. The third-order valence-corrected chi connectivity index (χ3v) is 3.64. The van der Waals surface area contributed by atoms with Crippen LogP contribution in [-0.4, -0.2) is 21.5 Å². The summed E-state index contributed by atoms with van der Waals surface area (Å²) in [5.74, 6) is 0.822. The van der Waals surface area contributed by atoms with Crippen LogP contribution in [0.25, 0.3) is 0 Å². The smallest absolute Gasteiger partial charge is 0.0827 e. The molecule has 2 rings (SSSR count). The van der Waals surface area contributed by atoms with Crippen molar-refractivity contribution in [2.45, 2.75) is 57.9 Å². The first-order valence-electron chi connectivity index (χ1n) is 6.97. The second-order valence-corrected chi connectivity index (χ2v) is 5.18. The number of hydrogen-bond donors (Lipinski definition) is 1. The summed E-state index contributed by atoms with van der Waals surface area (Å²) in [6.07, 6.45) is 12.3. The normalized spacial score (nSPS) is 17.5. The molecule has 1 saturated carbocycles. The number of aryl methyl sites for hydroxylation is 1. The minimum Gasteiger partial charge on any atom is -0.330 e. The van der Waals surface area contributed by atoms with Crippen molar-refractivity contribution in [1.82, 2.24) is 15.0 Å². The van der Waals surface area contributed by atoms with Gasteiger partial charge in [0.25, 0.3) is 0 Å². The van der Waals surface area contributed by atoms with Gasteiger partial charge in [-0.2, -0.15) is 0 Å². The zero-order valence-electron chi connectivity index (χ0n) is 10.6. The van der Waals surface area contributed by atoms with Crippen molar-refractivity contribution >= 4 is 0 Å². The molecule has 96 valence electrons. The average molecular weight is 236 g/mol. The van der Waals surface area contributed by atoms with E-state index in [1.165, 1.54) is 32.1 Å². The van der Waals surface area contributed by atoms with Crippen molar-refractivity contribution in [3.63, 3.8) is 0 Å². The van der Waals surface area contributed by atoms with Crippen molar-refractivity contribution < 1.29 is 0 Å². The minimum atomic E-state index is 0.774. The summed E-state index contributed by atoms with van der Waals surface area (Å²) in [6, 6.07) is 0. The van der Waals surface area contributed by atoms with Crippen molar-refractivity contribution in [3.05, 3.63) is 11.9 Å². The average Bonchev–Trinajstić information content (AvgIpc) is 2.79. The zero-order valence-corrected chi connectivity index (χ0v) is 10.6. The number of nitrogens with zero attached hydrogens (tertiary/aromatic N) is 3. The first-order valence-corrected chi connectivity index (χ1v) is 6.97. The van der Waals surface area contributed by atoms with Crippen LogP contribution in [0.5, 0.6) is 0 Å². The second kappa shape index (κ2) is 6.74. The van der Waals surface area contributed by atoms with Crippen LogP contribution in [0.3, 0.4) is 0 Å². The number of unbranched alkanes of at least 4 members (excludes halogenated alkanes) is 1. The lowest BCUT2D eigenvalue weighted by Gasteiger charge is -2.20. The van der Waals surface area contributed by atoms with Gasteiger partial charge in [-0.05, 0) is 44.6 Å². The van der Waals surface area contributed by atoms with Gasteiger partial charge in [-0.25, -0.2) is 0 Å². The Hall–Kier alpha value is -0.900. The molecule has 0 radical (unpaired) electrons. The topological polar surface area (TPSA) is 56.7 Å². The van der Waals surface area contributed by atoms with Gasteiger partial charge in [0.2, 0.25) is 0 Å². The highest BCUT2D eigenvalue weighted by atomic mass is 15.4. The zero-order chi connectivity index (χ0) is 11.9. The summed E-state index contributed by atoms with van der Waals surface area (Å²) in [7, 11) is 0. The molecule has 4 nitrogen and oxygen atoms in total. The van der Waals surface area contributed by atoms with E-state index >= 15 is 0 Å². The van der Waals surface area contributed by atoms with Crippen LogP contribution in [0.2, 0.25) is 0 Å². The molecule has 4 heteroatoms. The molecular weight excluding hydrogens is 212 g/mol. The first-order chi connectivity index (χ1) is 8.38. The molecule has 2 N–H and O–H groups in total. The minimum absolute atomic E-state index is 0.774. The van der Waals surface area contributed by atoms with E-state index in [9.17, 15) is 0 Å². The lowest BCUT2D eigenvalue weighted by molar-refractivity contribution is 0.305. The molecule has 0 bridgehead atoms. The molecule has 0 saturated heterocycles. The van der Waals surface area contributed by atoms with Gasteiger partial charge in [0, 0.05) is 12.7 Å². The van der Waals surface area contributed by atoms with Gasteiger partial charge in [-0.3, -0.25) is 4.68 Å². The quantitative estimate of drug-likeness (QED) is 0.770. The maximum Gasteiger partial charge on any atom is 0.0827 e. The Morgan fingerprint density at radius 1 is 1.24 bits per heavy atom. The predicted molar refractivity (Wildman–Crippen MR) is 68.6 cm³/mol. The molecule has 1 aliphatic rings. The first kappa shape index (κ1) is 12.6. The van der Waals surface area contributed by atoms with E-state index in [2.05, 4.69) is 16.5 Å². The molecule has 0 amide bonds. The van der Waals surface area contributed by atoms with E-state index in [0.717, 1.165) is 44.0 Å². The second-order valence-electron chi connectivity index (χ2n) is 5.18. The molecule has 0 aromatic carbocycles. The Morgan fingerprint density at radius 2 is 2.06 bits per heavy atom. The Morgan fingerprint density at radius 3 is 2.82 bits per heavy atom. The Bertz CT molecular complexity index is 315. The van der Waals surface area contributed by atoms with Crippen molar-refractivity contribution in [2.24, 2.45) is 11.7 Å². The van der Waals surface area contributed by atoms with Crippen LogP contribution in [0.15, 0.2) is 6.20 Å². The lowest BCUT2D eigenvalue weighted by atomic mass is 9.89. The largest absolute Gasteiger partial charge is 0.330 e. The fourth-order valence-corrected chi connectivity index (χ4v) is 2.63. The van der Waals surface area contributed by atoms with Gasteiger partial charge < -0.3 is 5.73 Å². The molecule has 1 aromatic heterocycles. The molecule has 1 aromatic rings. The van der Waals surface area contributed by atoms with Crippen LogP contribution in [0, 0.1) is 5.92 Å². The van der Waals surface area contributed by atoms with Gasteiger partial charge >= 0.3 is 0 Å². The summed E-state index contributed by atoms with van der Waals surface area (Å²) in [5.41, 5.74) is 6.60. The summed E-state index contributed by atoms with van der Waals surface area (Å²) in [6.45, 7) is 1.83. The van der Waals surface area contributed by atoms with E-state index in [-0.39, 0.29) is 0 Å². The molecule has 1 aliphatic carbocycles. The molecular formula is C13H24N4. The number of hydrogen-bond acceptors (Lipinski definition) is 3. The van der Waals surface area contributed by atoms with Crippen molar-refractivity contribution in [2.75, 3.05) is 6.54 Å². The number of aromatic nitrogens is 3. The molecule has 1 fully saturated rings.